The maximum Gasteiger partial charge on any atom is 0.264 e. The second-order valence-electron chi connectivity index (χ2n) is 3.45. The maximum atomic E-state index is 10.8. The molecule has 2 aliphatic heterocycles. The van der Waals surface area contributed by atoms with Crippen LogP contribution in [0.15, 0.2) is 0 Å². The Labute approximate surface area is 100 Å². The first-order valence-corrected chi connectivity index (χ1v) is 5.90. The van der Waals surface area contributed by atoms with E-state index in [9.17, 15) is 8.42 Å². The van der Waals surface area contributed by atoms with E-state index in [-0.39, 0.29) is 47.9 Å². The third-order valence-electron chi connectivity index (χ3n) is 2.35. The van der Waals surface area contributed by atoms with Crippen LogP contribution in [-0.2, 0) is 19.0 Å². The van der Waals surface area contributed by atoms with Gasteiger partial charge in [0.15, 0.2) is 0 Å². The predicted molar refractivity (Wildman–Crippen MR) is 48.0 cm³/mol. The van der Waals surface area contributed by atoms with Gasteiger partial charge in [0.2, 0.25) is 0 Å². The van der Waals surface area contributed by atoms with Crippen LogP contribution in [0, 0.1) is 0 Å². The van der Waals surface area contributed by atoms with E-state index >= 15 is 0 Å². The van der Waals surface area contributed by atoms with Gasteiger partial charge in [0.1, 0.15) is 6.10 Å². The molecule has 13 heavy (non-hydrogen) atoms. The van der Waals surface area contributed by atoms with Crippen molar-refractivity contribution >= 4 is 39.7 Å². The molecule has 71 valence electrons. The van der Waals surface area contributed by atoms with Crippen LogP contribution in [0.5, 0.6) is 0 Å². The van der Waals surface area contributed by atoms with Gasteiger partial charge in [-0.2, -0.15) is 8.42 Å². The maximum absolute atomic E-state index is 10.8. The Morgan fingerprint density at radius 2 is 2.08 bits per heavy atom. The van der Waals surface area contributed by atoms with E-state index in [1.54, 1.807) is 0 Å². The monoisotopic (exact) mass is 215 g/mol. The number of rotatable bonds is 2. The molecule has 2 rings (SSSR count). The van der Waals surface area contributed by atoms with Gasteiger partial charge in [0.05, 0.1) is 18.5 Å². The van der Waals surface area contributed by atoms with Gasteiger partial charge in [0, 0.05) is 36.0 Å². The van der Waals surface area contributed by atoms with Crippen molar-refractivity contribution in [2.45, 2.75) is 37.6 Å². The van der Waals surface area contributed by atoms with Crippen LogP contribution in [-0.4, -0.2) is 62.5 Å². The van der Waals surface area contributed by atoms with Crippen molar-refractivity contribution in [1.29, 1.82) is 0 Å². The third kappa shape index (κ3) is 2.91. The fraction of sp³-hybridized carbons (Fsp3) is 1.00. The number of hydrogen-bond donors (Lipinski definition) is 0. The van der Waals surface area contributed by atoms with Crippen LogP contribution in [0.1, 0.15) is 19.3 Å². The first kappa shape index (κ1) is 11.9. The molecule has 0 saturated carbocycles. The molecule has 3 atom stereocenters. The molecule has 0 N–H and O–H groups in total. The van der Waals surface area contributed by atoms with E-state index in [2.05, 4.69) is 0 Å². The van der Waals surface area contributed by atoms with Crippen molar-refractivity contribution in [2.24, 2.45) is 0 Å². The minimum absolute atomic E-state index is 0. The standard InChI is InChI=1S/C7H12O4S.Na/c1-12(8,9)11-7-4-5-2-3-6(7)10-5;/h5-7H,2-4H2,1H3;. The van der Waals surface area contributed by atoms with Gasteiger partial charge < -0.3 is 4.74 Å². The molecule has 0 aliphatic carbocycles. The zero-order valence-corrected chi connectivity index (χ0v) is 10.7. The molecule has 0 aromatic heterocycles. The Bertz CT molecular complexity index is 276. The van der Waals surface area contributed by atoms with Crippen molar-refractivity contribution in [3.63, 3.8) is 0 Å². The summed E-state index contributed by atoms with van der Waals surface area (Å²) in [7, 11) is -3.31. The minimum Gasteiger partial charge on any atom is -0.372 e. The van der Waals surface area contributed by atoms with Crippen LogP contribution < -0.4 is 0 Å². The summed E-state index contributed by atoms with van der Waals surface area (Å²) >= 11 is 0. The zero-order valence-electron chi connectivity index (χ0n) is 7.89. The summed E-state index contributed by atoms with van der Waals surface area (Å²) < 4.78 is 31.9. The quantitative estimate of drug-likeness (QED) is 0.477. The molecule has 2 saturated heterocycles. The minimum atomic E-state index is -3.31. The second-order valence-corrected chi connectivity index (χ2v) is 5.05. The zero-order chi connectivity index (χ0) is 8.77. The van der Waals surface area contributed by atoms with Gasteiger partial charge in [0.25, 0.3) is 10.1 Å². The van der Waals surface area contributed by atoms with E-state index in [0.717, 1.165) is 25.5 Å². The fourth-order valence-corrected chi connectivity index (χ4v) is 2.57. The summed E-state index contributed by atoms with van der Waals surface area (Å²) in [6.45, 7) is 0. The van der Waals surface area contributed by atoms with E-state index < -0.39 is 10.1 Å². The van der Waals surface area contributed by atoms with Gasteiger partial charge in [-0.05, 0) is 12.8 Å². The van der Waals surface area contributed by atoms with Crippen molar-refractivity contribution in [1.82, 2.24) is 0 Å². The van der Waals surface area contributed by atoms with E-state index in [1.165, 1.54) is 0 Å². The summed E-state index contributed by atoms with van der Waals surface area (Å²) in [5.74, 6) is 0. The van der Waals surface area contributed by atoms with Crippen molar-refractivity contribution in [3.05, 3.63) is 0 Å². The van der Waals surface area contributed by atoms with Gasteiger partial charge >= 0.3 is 0 Å². The molecular formula is C7H12NaO4S. The van der Waals surface area contributed by atoms with E-state index in [1.807, 2.05) is 0 Å². The predicted octanol–water partition coefficient (Wildman–Crippen LogP) is -0.0983. The molecule has 2 heterocycles. The van der Waals surface area contributed by atoms with E-state index in [0.29, 0.717) is 0 Å². The topological polar surface area (TPSA) is 52.6 Å². The Hall–Kier alpha value is 0.870. The van der Waals surface area contributed by atoms with Gasteiger partial charge in [-0.25, -0.2) is 0 Å². The molecule has 0 spiro atoms. The van der Waals surface area contributed by atoms with Crippen molar-refractivity contribution in [3.8, 4) is 0 Å². The van der Waals surface area contributed by atoms with Gasteiger partial charge in [-0.1, -0.05) is 0 Å². The Balaban J connectivity index is 0.000000845. The fourth-order valence-electron chi connectivity index (χ4n) is 1.92. The molecule has 2 fully saturated rings. The van der Waals surface area contributed by atoms with Crippen LogP contribution in [0.4, 0.5) is 0 Å². The number of hydrogen-bond acceptors (Lipinski definition) is 4. The Morgan fingerprint density at radius 3 is 2.46 bits per heavy atom. The second kappa shape index (κ2) is 4.16. The molecule has 2 bridgehead atoms. The number of fused-ring (bicyclic) bond motifs is 2. The Kier molecular flexibility index (Phi) is 3.82. The SMILES string of the molecule is CS(=O)(=O)OC1CC2CCC1O2.[Na]. The molecular weight excluding hydrogens is 203 g/mol. The first-order valence-electron chi connectivity index (χ1n) is 4.08. The number of ether oxygens (including phenoxy) is 1. The van der Waals surface area contributed by atoms with Crippen LogP contribution in [0.3, 0.4) is 0 Å². The smallest absolute Gasteiger partial charge is 0.264 e. The molecule has 0 aromatic rings. The normalized spacial score (nSPS) is 37.5. The first-order chi connectivity index (χ1) is 5.54. The molecule has 0 amide bonds. The third-order valence-corrected chi connectivity index (χ3v) is 2.95. The molecule has 3 unspecified atom stereocenters. The summed E-state index contributed by atoms with van der Waals surface area (Å²) in [5, 5.41) is 0. The van der Waals surface area contributed by atoms with E-state index in [4.69, 9.17) is 8.92 Å². The summed E-state index contributed by atoms with van der Waals surface area (Å²) in [5.41, 5.74) is 0. The molecule has 0 aromatic carbocycles. The van der Waals surface area contributed by atoms with Gasteiger partial charge in [-0.15, -0.1) is 0 Å². The van der Waals surface area contributed by atoms with Crippen LogP contribution in [0.25, 0.3) is 0 Å². The molecule has 6 heteroatoms. The van der Waals surface area contributed by atoms with Crippen molar-refractivity contribution < 1.29 is 17.3 Å². The van der Waals surface area contributed by atoms with Crippen LogP contribution >= 0.6 is 0 Å². The van der Waals surface area contributed by atoms with Crippen LogP contribution in [0.2, 0.25) is 0 Å². The molecule has 2 aliphatic rings. The summed E-state index contributed by atoms with van der Waals surface area (Å²) in [4.78, 5) is 0. The summed E-state index contributed by atoms with van der Waals surface area (Å²) in [6.07, 6.45) is 3.83. The summed E-state index contributed by atoms with van der Waals surface area (Å²) in [6, 6.07) is 0. The largest absolute Gasteiger partial charge is 0.372 e. The molecule has 1 radical (unpaired) electrons. The molecule has 4 nitrogen and oxygen atoms in total. The average Bonchev–Trinajstić information content (AvgIpc) is 2.42. The van der Waals surface area contributed by atoms with Crippen molar-refractivity contribution in [2.75, 3.05) is 6.26 Å². The average molecular weight is 215 g/mol. The van der Waals surface area contributed by atoms with Gasteiger partial charge in [-0.3, -0.25) is 4.18 Å². The Morgan fingerprint density at radius 1 is 1.38 bits per heavy atom.